The van der Waals surface area contributed by atoms with Crippen LogP contribution in [0, 0.1) is 37.5 Å². The third-order valence-corrected chi connectivity index (χ3v) is 9.82. The van der Waals surface area contributed by atoms with Crippen molar-refractivity contribution in [2.45, 2.75) is 77.7 Å². The predicted octanol–water partition coefficient (Wildman–Crippen LogP) is 4.30. The van der Waals surface area contributed by atoms with Gasteiger partial charge in [-0.05, 0) is 68.4 Å². The van der Waals surface area contributed by atoms with Crippen LogP contribution in [0.5, 0.6) is 0 Å². The lowest BCUT2D eigenvalue weighted by molar-refractivity contribution is -0.149. The summed E-state index contributed by atoms with van der Waals surface area (Å²) in [5, 5.41) is 16.6. The zero-order valence-electron chi connectivity index (χ0n) is 24.2. The van der Waals surface area contributed by atoms with E-state index in [1.165, 1.54) is 0 Å². The number of hydrogen-bond donors (Lipinski definition) is 3. The second-order valence-corrected chi connectivity index (χ2v) is 12.2. The topological polar surface area (TPSA) is 108 Å². The number of ether oxygens (including phenoxy) is 1. The fourth-order valence-corrected chi connectivity index (χ4v) is 7.36. The van der Waals surface area contributed by atoms with Crippen LogP contribution in [-0.4, -0.2) is 57.6 Å². The van der Waals surface area contributed by atoms with Crippen LogP contribution in [0.1, 0.15) is 51.7 Å². The first-order chi connectivity index (χ1) is 19.0. The lowest BCUT2D eigenvalue weighted by atomic mass is 9.62. The Hall–Kier alpha value is -3.23. The fraction of sp³-hybridized carbons (Fsp3) is 0.531. The summed E-state index contributed by atoms with van der Waals surface area (Å²) in [4.78, 5) is 44.2. The summed E-state index contributed by atoms with van der Waals surface area (Å²) in [7, 11) is 0. The minimum Gasteiger partial charge on any atom is -0.394 e. The molecule has 5 rings (SSSR count). The number of rotatable bonds is 8. The van der Waals surface area contributed by atoms with Crippen LogP contribution in [0.3, 0.4) is 0 Å². The molecule has 3 saturated heterocycles. The maximum atomic E-state index is 14.5. The van der Waals surface area contributed by atoms with Crippen molar-refractivity contribution < 1.29 is 24.2 Å². The van der Waals surface area contributed by atoms with Crippen LogP contribution < -0.4 is 10.6 Å². The molecule has 3 aliphatic heterocycles. The molecule has 2 bridgehead atoms. The normalized spacial score (nSPS) is 32.1. The summed E-state index contributed by atoms with van der Waals surface area (Å²) < 4.78 is 6.82. The smallest absolute Gasteiger partial charge is 0.250 e. The van der Waals surface area contributed by atoms with E-state index in [0.29, 0.717) is 24.2 Å². The Labute approximate surface area is 236 Å². The van der Waals surface area contributed by atoms with Crippen LogP contribution in [-0.2, 0) is 19.1 Å². The van der Waals surface area contributed by atoms with Gasteiger partial charge in [-0.1, -0.05) is 57.5 Å². The number of fused-ring (bicyclic) bond motifs is 1. The zero-order chi connectivity index (χ0) is 29.0. The molecule has 8 heteroatoms. The second-order valence-electron chi connectivity index (χ2n) is 12.2. The van der Waals surface area contributed by atoms with Crippen LogP contribution in [0.2, 0.25) is 0 Å². The molecule has 0 saturated carbocycles. The van der Waals surface area contributed by atoms with Crippen molar-refractivity contribution in [1.29, 1.82) is 0 Å². The van der Waals surface area contributed by atoms with Gasteiger partial charge in [0.15, 0.2) is 0 Å². The molecule has 0 radical (unpaired) electrons. The minimum absolute atomic E-state index is 0.0676. The molecule has 3 unspecified atom stereocenters. The highest BCUT2D eigenvalue weighted by molar-refractivity contribution is 6.05. The van der Waals surface area contributed by atoms with E-state index < -0.39 is 35.1 Å². The van der Waals surface area contributed by atoms with Gasteiger partial charge < -0.3 is 25.4 Å². The molecule has 0 aromatic heterocycles. The van der Waals surface area contributed by atoms with E-state index in [9.17, 15) is 19.5 Å². The number of nitrogens with zero attached hydrogens (tertiary/aromatic N) is 1. The SMILES string of the molecule is CC[C@H](C)[C@H](CO)N1C(=O)[C@@H]2[C@H](C(=O)Nc3ccccc3)[C@@]3(C)OC2(CC3C)C1C(=O)Nc1cc(C)ccc1C. The van der Waals surface area contributed by atoms with Gasteiger partial charge in [0.25, 0.3) is 0 Å². The van der Waals surface area contributed by atoms with Gasteiger partial charge in [0.1, 0.15) is 11.6 Å². The van der Waals surface area contributed by atoms with Crippen molar-refractivity contribution in [3.05, 3.63) is 59.7 Å². The number of carbonyl (C=O) groups is 3. The molecule has 2 aromatic carbocycles. The first-order valence-corrected chi connectivity index (χ1v) is 14.4. The highest BCUT2D eigenvalue weighted by atomic mass is 16.5. The largest absolute Gasteiger partial charge is 0.394 e. The van der Waals surface area contributed by atoms with Crippen molar-refractivity contribution in [1.82, 2.24) is 4.90 Å². The van der Waals surface area contributed by atoms with E-state index in [0.717, 1.165) is 11.1 Å². The van der Waals surface area contributed by atoms with Crippen molar-refractivity contribution in [3.63, 3.8) is 0 Å². The summed E-state index contributed by atoms with van der Waals surface area (Å²) >= 11 is 0. The van der Waals surface area contributed by atoms with Crippen LogP contribution in [0.25, 0.3) is 0 Å². The number of aliphatic hydroxyl groups excluding tert-OH is 1. The van der Waals surface area contributed by atoms with Crippen LogP contribution in [0.15, 0.2) is 48.5 Å². The maximum absolute atomic E-state index is 14.5. The number of aryl methyl sites for hydroxylation is 2. The standard InChI is InChI=1S/C32H41N3O5/c1-7-19(3)24(17-36)35-27(29(38)34-23-15-18(2)13-14-20(23)4)32-16-21(5)31(6,40-32)25(26(32)30(35)39)28(37)33-22-11-9-8-10-12-22/h8-15,19,21,24-27,36H,7,16-17H2,1-6H3,(H,33,37)(H,34,38)/t19-,21?,24-,25+,26-,27?,31-,32?/m0/s1. The Morgan fingerprint density at radius 3 is 2.48 bits per heavy atom. The Kier molecular flexibility index (Phi) is 7.29. The van der Waals surface area contributed by atoms with Crippen molar-refractivity contribution >= 4 is 29.1 Å². The third-order valence-electron chi connectivity index (χ3n) is 9.82. The quantitative estimate of drug-likeness (QED) is 0.457. The number of carbonyl (C=O) groups excluding carboxylic acids is 3. The molecule has 0 aliphatic carbocycles. The molecular weight excluding hydrogens is 506 g/mol. The average Bonchev–Trinajstić information content (AvgIpc) is 3.44. The molecular formula is C32H41N3O5. The summed E-state index contributed by atoms with van der Waals surface area (Å²) in [6, 6.07) is 13.4. The zero-order valence-corrected chi connectivity index (χ0v) is 24.2. The van der Waals surface area contributed by atoms with E-state index in [1.54, 1.807) is 17.0 Å². The van der Waals surface area contributed by atoms with Crippen molar-refractivity contribution in [2.75, 3.05) is 17.2 Å². The number of nitrogens with one attached hydrogen (secondary N) is 2. The minimum atomic E-state index is -1.19. The Balaban J connectivity index is 1.60. The first kappa shape index (κ1) is 28.3. The number of likely N-dealkylation sites (tertiary alicyclic amines) is 1. The molecule has 3 amide bonds. The molecule has 8 nitrogen and oxygen atoms in total. The molecule has 2 aromatic rings. The molecule has 1 spiro atoms. The molecule has 3 N–H and O–H groups in total. The summed E-state index contributed by atoms with van der Waals surface area (Å²) in [5.41, 5.74) is 1.11. The molecule has 40 heavy (non-hydrogen) atoms. The number of aliphatic hydroxyl groups is 1. The number of para-hydroxylation sites is 1. The van der Waals surface area contributed by atoms with Crippen molar-refractivity contribution in [2.24, 2.45) is 23.7 Å². The Morgan fingerprint density at radius 1 is 1.12 bits per heavy atom. The Bertz CT molecular complexity index is 1310. The van der Waals surface area contributed by atoms with Crippen LogP contribution in [0.4, 0.5) is 11.4 Å². The maximum Gasteiger partial charge on any atom is 0.250 e. The van der Waals surface area contributed by atoms with Gasteiger partial charge in [0.2, 0.25) is 17.7 Å². The fourth-order valence-electron chi connectivity index (χ4n) is 7.36. The number of hydrogen-bond acceptors (Lipinski definition) is 5. The lowest BCUT2D eigenvalue weighted by Gasteiger charge is -2.39. The van der Waals surface area contributed by atoms with E-state index in [2.05, 4.69) is 10.6 Å². The highest BCUT2D eigenvalue weighted by Crippen LogP contribution is 2.65. The Morgan fingerprint density at radius 2 is 1.82 bits per heavy atom. The lowest BCUT2D eigenvalue weighted by Crippen LogP contribution is -2.57. The summed E-state index contributed by atoms with van der Waals surface area (Å²) in [6.45, 7) is 11.5. The van der Waals surface area contributed by atoms with Crippen molar-refractivity contribution in [3.8, 4) is 0 Å². The van der Waals surface area contributed by atoms with Gasteiger partial charge in [-0.2, -0.15) is 0 Å². The second kappa shape index (κ2) is 10.3. The molecule has 3 heterocycles. The van der Waals surface area contributed by atoms with Gasteiger partial charge in [0.05, 0.1) is 30.1 Å². The highest BCUT2D eigenvalue weighted by Gasteiger charge is 2.80. The summed E-state index contributed by atoms with van der Waals surface area (Å²) in [6.07, 6.45) is 1.18. The first-order valence-electron chi connectivity index (χ1n) is 14.4. The van der Waals surface area contributed by atoms with Gasteiger partial charge in [-0.25, -0.2) is 0 Å². The van der Waals surface area contributed by atoms with Gasteiger partial charge >= 0.3 is 0 Å². The number of benzene rings is 2. The number of anilines is 2. The van der Waals surface area contributed by atoms with Gasteiger partial charge in [-0.3, -0.25) is 14.4 Å². The predicted molar refractivity (Wildman–Crippen MR) is 154 cm³/mol. The average molecular weight is 548 g/mol. The van der Waals surface area contributed by atoms with Crippen LogP contribution >= 0.6 is 0 Å². The van der Waals surface area contributed by atoms with E-state index in [1.807, 2.05) is 77.9 Å². The monoisotopic (exact) mass is 547 g/mol. The molecule has 214 valence electrons. The van der Waals surface area contributed by atoms with E-state index in [4.69, 9.17) is 4.74 Å². The molecule has 3 fully saturated rings. The number of amides is 3. The molecule has 3 aliphatic rings. The summed E-state index contributed by atoms with van der Waals surface area (Å²) in [5.74, 6) is -2.72. The third kappa shape index (κ3) is 4.23. The van der Waals surface area contributed by atoms with E-state index >= 15 is 0 Å². The van der Waals surface area contributed by atoms with E-state index in [-0.39, 0.29) is 36.2 Å². The molecule has 8 atom stereocenters. The van der Waals surface area contributed by atoms with Gasteiger partial charge in [0, 0.05) is 11.4 Å². The van der Waals surface area contributed by atoms with Gasteiger partial charge in [-0.15, -0.1) is 0 Å².